The van der Waals surface area contributed by atoms with Crippen LogP contribution in [0.1, 0.15) is 0 Å². The largest absolute Gasteiger partial charge is 0.309 e. The number of hydrogen-bond donors (Lipinski definition) is 0. The second-order valence-corrected chi connectivity index (χ2v) is 27.2. The van der Waals surface area contributed by atoms with Crippen LogP contribution in [0.5, 0.6) is 0 Å². The summed E-state index contributed by atoms with van der Waals surface area (Å²) in [6, 6.07) is 136. The molecule has 0 atom stereocenters. The topological polar surface area (TPSA) is 29.6 Å². The highest BCUT2D eigenvalue weighted by Gasteiger charge is 2.24. The number of nitrogens with zero attached hydrogens (tertiary/aromatic N) is 6. The SMILES string of the molecule is c1ccc2c(c1)c1ccccc1n2-c1cc(-c2cc(-c3cc(-n4c5ccccc5c5ccccc54)cc(-n4c5ccccc5c5ccccc54)c3)cc(-c3cc(-n4c5ccccc5c5ccccc54)cc(-n4c5ccccc5c5ccccc54)c3)c2)cc(-n2c3ccccc3c3ccccc32)c1. The van der Waals surface area contributed by atoms with Gasteiger partial charge in [-0.05, 0) is 179 Å². The van der Waals surface area contributed by atoms with Crippen LogP contribution in [0.2, 0.25) is 0 Å². The summed E-state index contributed by atoms with van der Waals surface area (Å²) in [5, 5.41) is 14.6. The standard InChI is InChI=1S/C96H60N6/c1-13-37-85-73(25-1)74-26-2-14-38-86(74)97(85)67-52-64(53-68(58-67)98-87-39-15-3-27-75(87)76-28-4-16-40-88(76)98)61-49-62(65-54-69(99-89-41-17-5-29-77(89)78-30-6-18-42-90(78)99)59-70(55-65)100-91-43-19-7-31-79(91)80-32-8-20-44-92(80)100)51-63(50-61)66-56-71(101-93-45-21-9-33-81(93)82-34-10-22-46-94(82)101)60-72(57-66)102-95-47-23-11-35-83(95)84-36-12-24-48-96(84)102/h1-60H. The molecule has 0 spiro atoms. The molecular formula is C96H60N6. The lowest BCUT2D eigenvalue weighted by Gasteiger charge is -2.19. The fourth-order valence-electron chi connectivity index (χ4n) is 17.4. The van der Waals surface area contributed by atoms with Crippen LogP contribution < -0.4 is 0 Å². The monoisotopic (exact) mass is 1300 g/mol. The van der Waals surface area contributed by atoms with Gasteiger partial charge in [-0.25, -0.2) is 0 Å². The molecule has 0 saturated carbocycles. The van der Waals surface area contributed by atoms with Crippen molar-refractivity contribution in [2.24, 2.45) is 0 Å². The van der Waals surface area contributed by atoms with Crippen molar-refractivity contribution < 1.29 is 0 Å². The molecule has 22 rings (SSSR count). The molecular weight excluding hydrogens is 1240 g/mol. The zero-order valence-electron chi connectivity index (χ0n) is 55.3. The average Bonchev–Trinajstić information content (AvgIpc) is 1.60. The Labute approximate surface area is 586 Å². The van der Waals surface area contributed by atoms with E-state index < -0.39 is 0 Å². The third kappa shape index (κ3) is 8.35. The quantitative estimate of drug-likeness (QED) is 0.138. The van der Waals surface area contributed by atoms with Gasteiger partial charge in [-0.15, -0.1) is 0 Å². The molecule has 16 aromatic carbocycles. The maximum atomic E-state index is 2.48. The lowest BCUT2D eigenvalue weighted by Crippen LogP contribution is -2.01. The van der Waals surface area contributed by atoms with Crippen molar-refractivity contribution in [2.75, 3.05) is 0 Å². The van der Waals surface area contributed by atoms with Gasteiger partial charge in [0.15, 0.2) is 0 Å². The number of rotatable bonds is 9. The van der Waals surface area contributed by atoms with Gasteiger partial charge in [-0.1, -0.05) is 218 Å². The minimum atomic E-state index is 1.07. The van der Waals surface area contributed by atoms with Crippen molar-refractivity contribution in [3.63, 3.8) is 0 Å². The molecule has 102 heavy (non-hydrogen) atoms. The smallest absolute Gasteiger partial charge is 0.0541 e. The average molecular weight is 1300 g/mol. The summed E-state index contributed by atoms with van der Waals surface area (Å²) in [6.07, 6.45) is 0. The highest BCUT2D eigenvalue weighted by Crippen LogP contribution is 2.45. The van der Waals surface area contributed by atoms with Gasteiger partial charge in [0.05, 0.1) is 66.2 Å². The first-order valence-electron chi connectivity index (χ1n) is 35.1. The molecule has 0 aliphatic carbocycles. The third-order valence-corrected chi connectivity index (χ3v) is 21.7. The van der Waals surface area contributed by atoms with Crippen molar-refractivity contribution in [1.29, 1.82) is 0 Å². The van der Waals surface area contributed by atoms with Gasteiger partial charge in [0.25, 0.3) is 0 Å². The van der Waals surface area contributed by atoms with Crippen molar-refractivity contribution in [2.45, 2.75) is 0 Å². The Morgan fingerprint density at radius 3 is 0.343 bits per heavy atom. The molecule has 0 unspecified atom stereocenters. The summed E-state index contributed by atoms with van der Waals surface area (Å²) in [7, 11) is 0. The van der Waals surface area contributed by atoms with Crippen LogP contribution in [0.4, 0.5) is 0 Å². The van der Waals surface area contributed by atoms with E-state index in [9.17, 15) is 0 Å². The molecule has 474 valence electrons. The first-order valence-corrected chi connectivity index (χ1v) is 35.1. The van der Waals surface area contributed by atoms with Crippen molar-refractivity contribution in [3.8, 4) is 67.5 Å². The molecule has 6 aromatic heterocycles. The molecule has 6 heteroatoms. The van der Waals surface area contributed by atoms with Crippen LogP contribution in [0.25, 0.3) is 198 Å². The van der Waals surface area contributed by atoms with E-state index >= 15 is 0 Å². The van der Waals surface area contributed by atoms with Crippen LogP contribution in [-0.2, 0) is 0 Å². The lowest BCUT2D eigenvalue weighted by molar-refractivity contribution is 1.13. The molecule has 0 aliphatic heterocycles. The number of hydrogen-bond acceptors (Lipinski definition) is 0. The van der Waals surface area contributed by atoms with Crippen LogP contribution in [0.15, 0.2) is 364 Å². The van der Waals surface area contributed by atoms with E-state index in [2.05, 4.69) is 391 Å². The lowest BCUT2D eigenvalue weighted by atomic mass is 9.92. The van der Waals surface area contributed by atoms with Crippen molar-refractivity contribution in [1.82, 2.24) is 27.4 Å². The Kier molecular flexibility index (Phi) is 12.1. The van der Waals surface area contributed by atoms with E-state index in [-0.39, 0.29) is 0 Å². The summed E-state index contributed by atoms with van der Waals surface area (Å²) in [5.74, 6) is 0. The van der Waals surface area contributed by atoms with Crippen LogP contribution >= 0.6 is 0 Å². The van der Waals surface area contributed by atoms with E-state index in [1.165, 1.54) is 64.6 Å². The minimum absolute atomic E-state index is 1.07. The van der Waals surface area contributed by atoms with E-state index in [1.807, 2.05) is 0 Å². The predicted molar refractivity (Wildman–Crippen MR) is 429 cm³/mol. The van der Waals surface area contributed by atoms with Crippen LogP contribution in [-0.4, -0.2) is 27.4 Å². The van der Waals surface area contributed by atoms with Gasteiger partial charge in [0, 0.05) is 98.8 Å². The maximum absolute atomic E-state index is 2.48. The minimum Gasteiger partial charge on any atom is -0.309 e. The summed E-state index contributed by atoms with van der Waals surface area (Å²) >= 11 is 0. The number of aromatic nitrogens is 6. The Balaban J connectivity index is 0.884. The molecule has 0 fully saturated rings. The van der Waals surface area contributed by atoms with Crippen molar-refractivity contribution >= 4 is 131 Å². The fraction of sp³-hybridized carbons (Fsp3) is 0. The van der Waals surface area contributed by atoms with Crippen molar-refractivity contribution in [3.05, 3.63) is 364 Å². The number of fused-ring (bicyclic) bond motifs is 18. The zero-order chi connectivity index (χ0) is 66.7. The highest BCUT2D eigenvalue weighted by molar-refractivity contribution is 6.15. The molecule has 0 N–H and O–H groups in total. The summed E-state index contributed by atoms with van der Waals surface area (Å²) in [6.45, 7) is 0. The molecule has 0 saturated heterocycles. The van der Waals surface area contributed by atoms with Gasteiger partial charge < -0.3 is 27.4 Å². The maximum Gasteiger partial charge on any atom is 0.0541 e. The molecule has 6 nitrogen and oxygen atoms in total. The third-order valence-electron chi connectivity index (χ3n) is 21.7. The van der Waals surface area contributed by atoms with Gasteiger partial charge in [0.1, 0.15) is 0 Å². The molecule has 0 radical (unpaired) electrons. The predicted octanol–water partition coefficient (Wildman–Crippen LogP) is 25.3. The summed E-state index contributed by atoms with van der Waals surface area (Å²) < 4.78 is 14.9. The fourth-order valence-corrected chi connectivity index (χ4v) is 17.4. The van der Waals surface area contributed by atoms with Crippen LogP contribution in [0, 0.1) is 0 Å². The first-order chi connectivity index (χ1) is 50.6. The molecule has 0 bridgehead atoms. The Morgan fingerprint density at radius 2 is 0.216 bits per heavy atom. The zero-order valence-corrected chi connectivity index (χ0v) is 55.3. The van der Waals surface area contributed by atoms with E-state index in [4.69, 9.17) is 0 Å². The highest BCUT2D eigenvalue weighted by atomic mass is 15.0. The summed E-state index contributed by atoms with van der Waals surface area (Å²) in [5.41, 5.74) is 26.7. The summed E-state index contributed by atoms with van der Waals surface area (Å²) in [4.78, 5) is 0. The molecule has 0 aliphatic rings. The molecule has 22 aromatic rings. The number of para-hydroxylation sites is 12. The second kappa shape index (κ2) is 21.9. The normalized spacial score (nSPS) is 12.1. The second-order valence-electron chi connectivity index (χ2n) is 27.2. The molecule has 6 heterocycles. The molecule has 0 amide bonds. The first kappa shape index (κ1) is 56.3. The Bertz CT molecular complexity index is 5860. The van der Waals surface area contributed by atoms with E-state index in [1.54, 1.807) is 0 Å². The van der Waals surface area contributed by atoms with E-state index in [0.717, 1.165) is 134 Å². The van der Waals surface area contributed by atoms with Gasteiger partial charge in [0.2, 0.25) is 0 Å². The van der Waals surface area contributed by atoms with Gasteiger partial charge >= 0.3 is 0 Å². The van der Waals surface area contributed by atoms with Crippen LogP contribution in [0.3, 0.4) is 0 Å². The number of benzene rings is 16. The van der Waals surface area contributed by atoms with Gasteiger partial charge in [-0.2, -0.15) is 0 Å². The Hall–Kier alpha value is -13.7. The van der Waals surface area contributed by atoms with Gasteiger partial charge in [-0.3, -0.25) is 0 Å². The van der Waals surface area contributed by atoms with E-state index in [0.29, 0.717) is 0 Å². The Morgan fingerprint density at radius 1 is 0.108 bits per heavy atom.